The molecule has 2 aliphatic rings. The van der Waals surface area contributed by atoms with Gasteiger partial charge in [-0.25, -0.2) is 0 Å². The number of carbonyl (C=O) groups is 2. The predicted molar refractivity (Wildman–Crippen MR) is 116 cm³/mol. The number of hydrogen-bond acceptors (Lipinski definition) is 3. The zero-order valence-corrected chi connectivity index (χ0v) is 18.4. The third-order valence-electron chi connectivity index (χ3n) is 6.86. The zero-order valence-electron chi connectivity index (χ0n) is 17.6. The summed E-state index contributed by atoms with van der Waals surface area (Å²) in [6.07, 6.45) is 8.99. The minimum atomic E-state index is -0.286. The molecule has 30 heavy (non-hydrogen) atoms. The number of amides is 2. The zero-order chi connectivity index (χ0) is 21.3. The van der Waals surface area contributed by atoms with Crippen LogP contribution in [0.1, 0.15) is 55.7 Å². The first-order chi connectivity index (χ1) is 14.4. The Balaban J connectivity index is 1.53. The van der Waals surface area contributed by atoms with Gasteiger partial charge in [-0.05, 0) is 37.0 Å². The fraction of sp³-hybridized carbons (Fsp3) is 0.522. The highest BCUT2D eigenvalue weighted by Crippen LogP contribution is 2.42. The van der Waals surface area contributed by atoms with Crippen LogP contribution >= 0.6 is 11.6 Å². The van der Waals surface area contributed by atoms with Crippen LogP contribution in [0.25, 0.3) is 0 Å². The van der Waals surface area contributed by atoms with Crippen LogP contribution in [0.3, 0.4) is 0 Å². The van der Waals surface area contributed by atoms with E-state index >= 15 is 0 Å². The maximum absolute atomic E-state index is 13.3. The second-order valence-electron chi connectivity index (χ2n) is 8.76. The Labute approximate surface area is 182 Å². The molecule has 7 heteroatoms. The van der Waals surface area contributed by atoms with Crippen molar-refractivity contribution in [1.82, 2.24) is 20.0 Å². The van der Waals surface area contributed by atoms with E-state index < -0.39 is 0 Å². The Morgan fingerprint density at radius 2 is 2.07 bits per heavy atom. The van der Waals surface area contributed by atoms with E-state index in [2.05, 4.69) is 16.5 Å². The molecule has 6 nitrogen and oxygen atoms in total. The number of nitrogens with one attached hydrogen (secondary N) is 1. The molecular weight excluding hydrogens is 400 g/mol. The molecule has 160 valence electrons. The summed E-state index contributed by atoms with van der Waals surface area (Å²) < 4.78 is 1.71. The Hall–Kier alpha value is -2.34. The topological polar surface area (TPSA) is 67.2 Å². The van der Waals surface area contributed by atoms with Crippen LogP contribution in [0.15, 0.2) is 36.7 Å². The van der Waals surface area contributed by atoms with E-state index in [4.69, 9.17) is 11.6 Å². The van der Waals surface area contributed by atoms with Crippen molar-refractivity contribution in [1.29, 1.82) is 0 Å². The Morgan fingerprint density at radius 3 is 2.73 bits per heavy atom. The third kappa shape index (κ3) is 3.97. The molecule has 1 aliphatic heterocycles. The number of hydrogen-bond donors (Lipinski definition) is 1. The molecule has 0 bridgehead atoms. The molecule has 2 heterocycles. The van der Waals surface area contributed by atoms with Crippen molar-refractivity contribution >= 4 is 23.4 Å². The molecule has 0 unspecified atom stereocenters. The summed E-state index contributed by atoms with van der Waals surface area (Å²) in [7, 11) is 3.63. The maximum atomic E-state index is 13.3. The lowest BCUT2D eigenvalue weighted by Gasteiger charge is -2.38. The Morgan fingerprint density at radius 1 is 1.30 bits per heavy atom. The van der Waals surface area contributed by atoms with Gasteiger partial charge in [-0.2, -0.15) is 5.10 Å². The van der Waals surface area contributed by atoms with Gasteiger partial charge < -0.3 is 10.2 Å². The van der Waals surface area contributed by atoms with Crippen LogP contribution in [-0.2, 0) is 22.1 Å². The second-order valence-corrected chi connectivity index (χ2v) is 9.19. The molecule has 1 aromatic carbocycles. The molecule has 1 aromatic heterocycles. The first-order valence-corrected chi connectivity index (χ1v) is 11.1. The standard InChI is InChI=1S/C23H29ClN4O2/c1-27-14-16(13-26-27)21-19(8-9-20(29)28(21)2)22(30)25-15-23(10-3-4-11-23)17-6-5-7-18(24)12-17/h5-7,12-14,19,21H,3-4,8-11,15H2,1-2H3,(H,25,30)/t19-,21+/m1/s1. The van der Waals surface area contributed by atoms with E-state index in [1.54, 1.807) is 22.8 Å². The molecule has 1 aliphatic carbocycles. The number of benzene rings is 1. The van der Waals surface area contributed by atoms with Crippen LogP contribution < -0.4 is 5.32 Å². The fourth-order valence-electron chi connectivity index (χ4n) is 5.19. The molecule has 0 radical (unpaired) electrons. The number of carbonyl (C=O) groups excluding carboxylic acids is 2. The SMILES string of the molecule is CN1C(=O)CC[C@@H](C(=O)NCC2(c3cccc(Cl)c3)CCCC2)[C@@H]1c1cnn(C)c1. The van der Waals surface area contributed by atoms with Crippen molar-refractivity contribution in [3.63, 3.8) is 0 Å². The van der Waals surface area contributed by atoms with Gasteiger partial charge in [-0.3, -0.25) is 14.3 Å². The maximum Gasteiger partial charge on any atom is 0.225 e. The van der Waals surface area contributed by atoms with Crippen LogP contribution in [0.5, 0.6) is 0 Å². The molecular formula is C23H29ClN4O2. The van der Waals surface area contributed by atoms with Gasteiger partial charge in [0.1, 0.15) is 0 Å². The predicted octanol–water partition coefficient (Wildman–Crippen LogP) is 3.61. The molecule has 2 aromatic rings. The number of halogens is 1. The van der Waals surface area contributed by atoms with E-state index in [0.29, 0.717) is 19.4 Å². The summed E-state index contributed by atoms with van der Waals surface area (Å²) in [6, 6.07) is 7.74. The van der Waals surface area contributed by atoms with E-state index in [-0.39, 0.29) is 29.2 Å². The van der Waals surface area contributed by atoms with Crippen LogP contribution in [0.2, 0.25) is 5.02 Å². The van der Waals surface area contributed by atoms with Gasteiger partial charge in [0.25, 0.3) is 0 Å². The van der Waals surface area contributed by atoms with Gasteiger partial charge in [-0.1, -0.05) is 36.6 Å². The highest BCUT2D eigenvalue weighted by molar-refractivity contribution is 6.30. The number of piperidine rings is 1. The number of aryl methyl sites for hydroxylation is 1. The van der Waals surface area contributed by atoms with E-state index in [1.165, 1.54) is 5.56 Å². The molecule has 1 saturated carbocycles. The van der Waals surface area contributed by atoms with E-state index in [9.17, 15) is 9.59 Å². The Bertz CT molecular complexity index is 935. The van der Waals surface area contributed by atoms with Crippen LogP contribution in [-0.4, -0.2) is 40.1 Å². The van der Waals surface area contributed by atoms with Crippen LogP contribution in [0, 0.1) is 5.92 Å². The average molecular weight is 429 g/mol. The normalized spacial score (nSPS) is 23.6. The lowest BCUT2D eigenvalue weighted by molar-refractivity contribution is -0.141. The number of rotatable bonds is 5. The molecule has 1 saturated heterocycles. The van der Waals surface area contributed by atoms with Crippen LogP contribution in [0.4, 0.5) is 0 Å². The molecule has 4 rings (SSSR count). The fourth-order valence-corrected chi connectivity index (χ4v) is 5.38. The van der Waals surface area contributed by atoms with Gasteiger partial charge in [0, 0.05) is 49.3 Å². The lowest BCUT2D eigenvalue weighted by atomic mass is 9.78. The van der Waals surface area contributed by atoms with Crippen molar-refractivity contribution in [2.24, 2.45) is 13.0 Å². The number of nitrogens with zero attached hydrogens (tertiary/aromatic N) is 3. The van der Waals surface area contributed by atoms with Crippen molar-refractivity contribution < 1.29 is 9.59 Å². The van der Waals surface area contributed by atoms with Crippen molar-refractivity contribution in [3.05, 3.63) is 52.8 Å². The molecule has 2 fully saturated rings. The molecule has 2 amide bonds. The number of aromatic nitrogens is 2. The number of likely N-dealkylation sites (tertiary alicyclic amines) is 1. The van der Waals surface area contributed by atoms with Gasteiger partial charge in [0.15, 0.2) is 0 Å². The van der Waals surface area contributed by atoms with Gasteiger partial charge in [0.2, 0.25) is 11.8 Å². The third-order valence-corrected chi connectivity index (χ3v) is 7.10. The summed E-state index contributed by atoms with van der Waals surface area (Å²) >= 11 is 6.26. The first-order valence-electron chi connectivity index (χ1n) is 10.7. The summed E-state index contributed by atoms with van der Waals surface area (Å²) in [5.74, 6) is -0.203. The van der Waals surface area contributed by atoms with E-state index in [0.717, 1.165) is 36.3 Å². The first kappa shape index (κ1) is 20.9. The van der Waals surface area contributed by atoms with Gasteiger partial charge >= 0.3 is 0 Å². The molecule has 0 spiro atoms. The monoisotopic (exact) mass is 428 g/mol. The molecule has 1 N–H and O–H groups in total. The summed E-state index contributed by atoms with van der Waals surface area (Å²) in [6.45, 7) is 0.597. The quantitative estimate of drug-likeness (QED) is 0.791. The van der Waals surface area contributed by atoms with Crippen molar-refractivity contribution in [2.75, 3.05) is 13.6 Å². The summed E-state index contributed by atoms with van der Waals surface area (Å²) in [4.78, 5) is 27.4. The summed E-state index contributed by atoms with van der Waals surface area (Å²) in [5, 5.41) is 8.23. The highest BCUT2D eigenvalue weighted by atomic mass is 35.5. The van der Waals surface area contributed by atoms with Crippen molar-refractivity contribution in [3.8, 4) is 0 Å². The highest BCUT2D eigenvalue weighted by Gasteiger charge is 2.41. The second kappa shape index (κ2) is 8.42. The average Bonchev–Trinajstić information content (AvgIpc) is 3.38. The minimum Gasteiger partial charge on any atom is -0.355 e. The minimum absolute atomic E-state index is 0.0107. The smallest absolute Gasteiger partial charge is 0.225 e. The van der Waals surface area contributed by atoms with Gasteiger partial charge in [-0.15, -0.1) is 0 Å². The molecule has 2 atom stereocenters. The van der Waals surface area contributed by atoms with E-state index in [1.807, 2.05) is 31.4 Å². The Kier molecular flexibility index (Phi) is 5.87. The largest absolute Gasteiger partial charge is 0.355 e. The van der Waals surface area contributed by atoms with Crippen molar-refractivity contribution in [2.45, 2.75) is 50.0 Å². The summed E-state index contributed by atoms with van der Waals surface area (Å²) in [5.41, 5.74) is 2.03. The van der Waals surface area contributed by atoms with Gasteiger partial charge in [0.05, 0.1) is 18.2 Å². The lowest BCUT2D eigenvalue weighted by Crippen LogP contribution is -2.48.